The average Bonchev–Trinajstić information content (AvgIpc) is 2.87. The third-order valence-corrected chi connectivity index (χ3v) is 4.79. The van der Waals surface area contributed by atoms with Gasteiger partial charge in [0, 0.05) is 51.9 Å². The summed E-state index contributed by atoms with van der Waals surface area (Å²) in [5, 5.41) is 3.67. The van der Waals surface area contributed by atoms with Gasteiger partial charge in [-0.3, -0.25) is 4.90 Å². The number of methoxy groups -OCH3 is 1. The molecule has 4 heteroatoms. The highest BCUT2D eigenvalue weighted by Gasteiger charge is 2.40. The van der Waals surface area contributed by atoms with E-state index in [1.165, 1.54) is 6.42 Å². The molecule has 3 atom stereocenters. The van der Waals surface area contributed by atoms with Gasteiger partial charge in [0.05, 0.1) is 6.61 Å². The van der Waals surface area contributed by atoms with Crippen LogP contribution in [0.4, 0.5) is 0 Å². The van der Waals surface area contributed by atoms with E-state index in [2.05, 4.69) is 31.0 Å². The SMILES string of the molecule is CCC1CN(CC2(OC)CCOC2)C(C(C)C)CN1. The normalized spacial score (nSPS) is 37.1. The predicted molar refractivity (Wildman–Crippen MR) is 77.5 cm³/mol. The topological polar surface area (TPSA) is 33.7 Å². The second-order valence-electron chi connectivity index (χ2n) is 6.44. The molecule has 0 radical (unpaired) electrons. The molecule has 19 heavy (non-hydrogen) atoms. The van der Waals surface area contributed by atoms with Crippen LogP contribution in [0, 0.1) is 5.92 Å². The number of rotatable bonds is 5. The van der Waals surface area contributed by atoms with E-state index in [4.69, 9.17) is 9.47 Å². The second kappa shape index (κ2) is 6.53. The first-order valence-corrected chi connectivity index (χ1v) is 7.70. The Balaban J connectivity index is 2.04. The summed E-state index contributed by atoms with van der Waals surface area (Å²) in [6.45, 7) is 11.7. The third kappa shape index (κ3) is 3.48. The lowest BCUT2D eigenvalue weighted by atomic mass is 9.94. The first kappa shape index (κ1) is 15.2. The van der Waals surface area contributed by atoms with Crippen molar-refractivity contribution < 1.29 is 9.47 Å². The van der Waals surface area contributed by atoms with Gasteiger partial charge in [0.15, 0.2) is 0 Å². The molecule has 0 aromatic rings. The molecular formula is C15H30N2O2. The summed E-state index contributed by atoms with van der Waals surface area (Å²) in [5.41, 5.74) is -0.0806. The van der Waals surface area contributed by atoms with E-state index in [0.717, 1.165) is 39.3 Å². The summed E-state index contributed by atoms with van der Waals surface area (Å²) in [5.74, 6) is 0.668. The Morgan fingerprint density at radius 2 is 2.26 bits per heavy atom. The third-order valence-electron chi connectivity index (χ3n) is 4.79. The van der Waals surface area contributed by atoms with E-state index >= 15 is 0 Å². The molecule has 2 fully saturated rings. The minimum absolute atomic E-state index is 0.0806. The van der Waals surface area contributed by atoms with Crippen molar-refractivity contribution in [3.8, 4) is 0 Å². The highest BCUT2D eigenvalue weighted by atomic mass is 16.5. The molecule has 4 nitrogen and oxygen atoms in total. The zero-order valence-corrected chi connectivity index (χ0v) is 12.9. The molecule has 2 saturated heterocycles. The minimum atomic E-state index is -0.0806. The van der Waals surface area contributed by atoms with Gasteiger partial charge in [0.2, 0.25) is 0 Å². The lowest BCUT2D eigenvalue weighted by molar-refractivity contribution is -0.0597. The fourth-order valence-electron chi connectivity index (χ4n) is 3.32. The zero-order chi connectivity index (χ0) is 13.9. The van der Waals surface area contributed by atoms with Gasteiger partial charge in [0.25, 0.3) is 0 Å². The van der Waals surface area contributed by atoms with Crippen molar-refractivity contribution in [1.29, 1.82) is 0 Å². The van der Waals surface area contributed by atoms with E-state index in [-0.39, 0.29) is 5.60 Å². The quantitative estimate of drug-likeness (QED) is 0.821. The molecule has 3 unspecified atom stereocenters. The monoisotopic (exact) mass is 270 g/mol. The van der Waals surface area contributed by atoms with Crippen LogP contribution in [0.15, 0.2) is 0 Å². The maximum atomic E-state index is 5.81. The minimum Gasteiger partial charge on any atom is -0.378 e. The summed E-state index contributed by atoms with van der Waals surface area (Å²) in [4.78, 5) is 2.63. The van der Waals surface area contributed by atoms with Crippen LogP contribution in [-0.4, -0.2) is 62.5 Å². The van der Waals surface area contributed by atoms with Gasteiger partial charge in [-0.15, -0.1) is 0 Å². The van der Waals surface area contributed by atoms with Crippen molar-refractivity contribution in [1.82, 2.24) is 10.2 Å². The fourth-order valence-corrected chi connectivity index (χ4v) is 3.32. The highest BCUT2D eigenvalue weighted by molar-refractivity contribution is 4.94. The van der Waals surface area contributed by atoms with Crippen LogP contribution in [0.2, 0.25) is 0 Å². The molecule has 0 amide bonds. The van der Waals surface area contributed by atoms with Gasteiger partial charge < -0.3 is 14.8 Å². The number of nitrogens with zero attached hydrogens (tertiary/aromatic N) is 1. The number of hydrogen-bond donors (Lipinski definition) is 1. The lowest BCUT2D eigenvalue weighted by Gasteiger charge is -2.45. The first-order valence-electron chi connectivity index (χ1n) is 7.70. The van der Waals surface area contributed by atoms with E-state index in [1.807, 2.05) is 7.11 Å². The number of ether oxygens (including phenoxy) is 2. The van der Waals surface area contributed by atoms with Crippen molar-refractivity contribution in [2.45, 2.75) is 51.3 Å². The van der Waals surface area contributed by atoms with Crippen LogP contribution >= 0.6 is 0 Å². The molecule has 1 N–H and O–H groups in total. The Morgan fingerprint density at radius 1 is 1.47 bits per heavy atom. The van der Waals surface area contributed by atoms with E-state index in [0.29, 0.717) is 18.0 Å². The number of hydrogen-bond acceptors (Lipinski definition) is 4. The van der Waals surface area contributed by atoms with Gasteiger partial charge in [-0.25, -0.2) is 0 Å². The van der Waals surface area contributed by atoms with Gasteiger partial charge >= 0.3 is 0 Å². The molecule has 0 aliphatic carbocycles. The van der Waals surface area contributed by atoms with E-state index in [1.54, 1.807) is 0 Å². The largest absolute Gasteiger partial charge is 0.378 e. The molecule has 0 saturated carbocycles. The summed E-state index contributed by atoms with van der Waals surface area (Å²) >= 11 is 0. The molecule has 0 aromatic heterocycles. The van der Waals surface area contributed by atoms with E-state index in [9.17, 15) is 0 Å². The average molecular weight is 270 g/mol. The molecule has 2 aliphatic rings. The zero-order valence-electron chi connectivity index (χ0n) is 12.9. The van der Waals surface area contributed by atoms with Crippen molar-refractivity contribution in [3.05, 3.63) is 0 Å². The van der Waals surface area contributed by atoms with Gasteiger partial charge in [-0.05, 0) is 12.3 Å². The van der Waals surface area contributed by atoms with Crippen LogP contribution < -0.4 is 5.32 Å². The van der Waals surface area contributed by atoms with Gasteiger partial charge in [-0.1, -0.05) is 20.8 Å². The Bertz CT molecular complexity index is 277. The Hall–Kier alpha value is -0.160. The van der Waals surface area contributed by atoms with Crippen LogP contribution in [0.1, 0.15) is 33.6 Å². The van der Waals surface area contributed by atoms with Gasteiger partial charge in [-0.2, -0.15) is 0 Å². The molecule has 0 aromatic carbocycles. The smallest absolute Gasteiger partial charge is 0.106 e. The highest BCUT2D eigenvalue weighted by Crippen LogP contribution is 2.27. The maximum absolute atomic E-state index is 5.81. The Morgan fingerprint density at radius 3 is 2.79 bits per heavy atom. The fraction of sp³-hybridized carbons (Fsp3) is 1.00. The molecule has 112 valence electrons. The molecular weight excluding hydrogens is 240 g/mol. The summed E-state index contributed by atoms with van der Waals surface area (Å²) in [6, 6.07) is 1.22. The lowest BCUT2D eigenvalue weighted by Crippen LogP contribution is -2.61. The van der Waals surface area contributed by atoms with Crippen LogP contribution in [0.25, 0.3) is 0 Å². The first-order chi connectivity index (χ1) is 9.10. The van der Waals surface area contributed by atoms with Crippen LogP contribution in [-0.2, 0) is 9.47 Å². The summed E-state index contributed by atoms with van der Waals surface area (Å²) < 4.78 is 11.4. The molecule has 0 spiro atoms. The van der Waals surface area contributed by atoms with Crippen molar-refractivity contribution in [2.24, 2.45) is 5.92 Å². The number of nitrogens with one attached hydrogen (secondary N) is 1. The maximum Gasteiger partial charge on any atom is 0.106 e. The molecule has 0 bridgehead atoms. The molecule has 2 heterocycles. The second-order valence-corrected chi connectivity index (χ2v) is 6.44. The Kier molecular flexibility index (Phi) is 5.23. The van der Waals surface area contributed by atoms with Crippen molar-refractivity contribution in [3.63, 3.8) is 0 Å². The summed E-state index contributed by atoms with van der Waals surface area (Å²) in [7, 11) is 1.83. The van der Waals surface area contributed by atoms with Gasteiger partial charge in [0.1, 0.15) is 5.60 Å². The Labute approximate surface area is 117 Å². The van der Waals surface area contributed by atoms with Crippen molar-refractivity contribution in [2.75, 3.05) is 40.0 Å². The van der Waals surface area contributed by atoms with Crippen LogP contribution in [0.3, 0.4) is 0 Å². The van der Waals surface area contributed by atoms with E-state index < -0.39 is 0 Å². The van der Waals surface area contributed by atoms with Crippen molar-refractivity contribution >= 4 is 0 Å². The standard InChI is InChI=1S/C15H30N2O2/c1-5-13-9-17(14(8-16-13)12(2)3)10-15(18-4)6-7-19-11-15/h12-14,16H,5-11H2,1-4H3. The summed E-state index contributed by atoms with van der Waals surface area (Å²) in [6.07, 6.45) is 2.22. The number of piperazine rings is 1. The van der Waals surface area contributed by atoms with Crippen LogP contribution in [0.5, 0.6) is 0 Å². The predicted octanol–water partition coefficient (Wildman–Crippen LogP) is 1.50. The molecule has 2 rings (SSSR count). The molecule has 2 aliphatic heterocycles.